The third kappa shape index (κ3) is 3.61. The van der Waals surface area contributed by atoms with Gasteiger partial charge in [-0.05, 0) is 45.7 Å². The molecule has 0 radical (unpaired) electrons. The number of rotatable bonds is 3. The Morgan fingerprint density at radius 3 is 2.39 bits per heavy atom. The van der Waals surface area contributed by atoms with Crippen LogP contribution in [0.1, 0.15) is 39.2 Å². The van der Waals surface area contributed by atoms with Gasteiger partial charge in [-0.3, -0.25) is 10.1 Å². The van der Waals surface area contributed by atoms with E-state index in [1.807, 2.05) is 0 Å². The number of anilines is 1. The van der Waals surface area contributed by atoms with Gasteiger partial charge < -0.3 is 14.9 Å². The molecule has 0 heterocycles. The monoisotopic (exact) mass is 325 g/mol. The zero-order chi connectivity index (χ0) is 17.4. The van der Waals surface area contributed by atoms with Crippen molar-refractivity contribution < 1.29 is 28.9 Å². The zero-order valence-electron chi connectivity index (χ0n) is 13.2. The van der Waals surface area contributed by atoms with Gasteiger partial charge in [0.25, 0.3) is 0 Å². The third-order valence-corrected chi connectivity index (χ3v) is 3.71. The number of carboxylic acid groups (broad SMARTS) is 1. The molecular weight excluding hydrogens is 305 g/mol. The summed E-state index contributed by atoms with van der Waals surface area (Å²) in [6.07, 6.45) is -1.53. The predicted octanol–water partition coefficient (Wildman–Crippen LogP) is 2.65. The van der Waals surface area contributed by atoms with E-state index in [0.29, 0.717) is 0 Å². The number of aliphatic carboxylic acids is 1. The maximum Gasteiger partial charge on any atom is 0.412 e. The summed E-state index contributed by atoms with van der Waals surface area (Å²) in [5, 5.41) is 21.2. The van der Waals surface area contributed by atoms with Crippen LogP contribution in [0.5, 0.6) is 0 Å². The Morgan fingerprint density at radius 2 is 1.96 bits per heavy atom. The second-order valence-corrected chi connectivity index (χ2v) is 6.77. The number of amides is 1. The van der Waals surface area contributed by atoms with Crippen LogP contribution in [0.25, 0.3) is 0 Å². The number of aliphatic hydroxyl groups excluding tert-OH is 1. The van der Waals surface area contributed by atoms with Crippen LogP contribution in [0, 0.1) is 5.82 Å². The molecule has 1 aromatic carbocycles. The average Bonchev–Trinajstić information content (AvgIpc) is 2.32. The van der Waals surface area contributed by atoms with Crippen molar-refractivity contribution in [1.82, 2.24) is 0 Å². The van der Waals surface area contributed by atoms with Crippen molar-refractivity contribution in [3.8, 4) is 0 Å². The van der Waals surface area contributed by atoms with Gasteiger partial charge in [0.15, 0.2) is 0 Å². The largest absolute Gasteiger partial charge is 0.481 e. The molecule has 0 aromatic heterocycles. The molecule has 0 saturated heterocycles. The maximum absolute atomic E-state index is 14.3. The third-order valence-electron chi connectivity index (χ3n) is 3.71. The number of hydrogen-bond acceptors (Lipinski definition) is 4. The average molecular weight is 325 g/mol. The Balaban J connectivity index is 2.18. The van der Waals surface area contributed by atoms with Crippen LogP contribution < -0.4 is 5.32 Å². The van der Waals surface area contributed by atoms with Gasteiger partial charge in [0.1, 0.15) is 16.8 Å². The first-order valence-corrected chi connectivity index (χ1v) is 7.25. The van der Waals surface area contributed by atoms with Gasteiger partial charge in [-0.2, -0.15) is 0 Å². The second-order valence-electron chi connectivity index (χ2n) is 6.77. The Labute approximate surface area is 133 Å². The summed E-state index contributed by atoms with van der Waals surface area (Å²) < 4.78 is 19.4. The van der Waals surface area contributed by atoms with Crippen molar-refractivity contribution in [1.29, 1.82) is 0 Å². The van der Waals surface area contributed by atoms with E-state index in [2.05, 4.69) is 5.32 Å². The van der Waals surface area contributed by atoms with Gasteiger partial charge in [0, 0.05) is 11.3 Å². The molecule has 1 fully saturated rings. The Morgan fingerprint density at radius 1 is 1.35 bits per heavy atom. The lowest BCUT2D eigenvalue weighted by Crippen LogP contribution is -2.51. The molecular formula is C16H20FNO5. The molecule has 1 aliphatic carbocycles. The van der Waals surface area contributed by atoms with Crippen molar-refractivity contribution >= 4 is 17.7 Å². The van der Waals surface area contributed by atoms with Crippen LogP contribution >= 0.6 is 0 Å². The van der Waals surface area contributed by atoms with Crippen LogP contribution in [0.3, 0.4) is 0 Å². The molecule has 23 heavy (non-hydrogen) atoms. The molecule has 126 valence electrons. The fourth-order valence-corrected chi connectivity index (χ4v) is 2.66. The van der Waals surface area contributed by atoms with Crippen LogP contribution in [0.2, 0.25) is 0 Å². The first-order chi connectivity index (χ1) is 10.5. The van der Waals surface area contributed by atoms with E-state index >= 15 is 0 Å². The molecule has 0 atom stereocenters. The molecule has 0 bridgehead atoms. The van der Waals surface area contributed by atoms with Gasteiger partial charge in [0.05, 0.1) is 6.10 Å². The normalized spacial score (nSPS) is 23.8. The van der Waals surface area contributed by atoms with Crippen molar-refractivity contribution in [2.24, 2.45) is 0 Å². The van der Waals surface area contributed by atoms with Crippen molar-refractivity contribution in [2.75, 3.05) is 5.32 Å². The lowest BCUT2D eigenvalue weighted by atomic mass is 9.62. The molecule has 0 unspecified atom stereocenters. The molecule has 1 saturated carbocycles. The van der Waals surface area contributed by atoms with Crippen LogP contribution in [0.15, 0.2) is 18.2 Å². The minimum absolute atomic E-state index is 0.00467. The van der Waals surface area contributed by atoms with E-state index in [-0.39, 0.29) is 24.1 Å². The number of ether oxygens (including phenoxy) is 1. The van der Waals surface area contributed by atoms with E-state index in [4.69, 9.17) is 4.74 Å². The molecule has 0 spiro atoms. The summed E-state index contributed by atoms with van der Waals surface area (Å²) >= 11 is 0. The van der Waals surface area contributed by atoms with Gasteiger partial charge in [-0.25, -0.2) is 9.18 Å². The van der Waals surface area contributed by atoms with E-state index in [1.165, 1.54) is 12.1 Å². The number of hydrogen-bond donors (Lipinski definition) is 3. The topological polar surface area (TPSA) is 95.9 Å². The molecule has 1 amide bonds. The van der Waals surface area contributed by atoms with Crippen LogP contribution in [0.4, 0.5) is 14.9 Å². The van der Waals surface area contributed by atoms with Gasteiger partial charge in [-0.1, -0.05) is 6.07 Å². The molecule has 6 nitrogen and oxygen atoms in total. The minimum Gasteiger partial charge on any atom is -0.481 e. The minimum atomic E-state index is -1.41. The Kier molecular flexibility index (Phi) is 4.34. The summed E-state index contributed by atoms with van der Waals surface area (Å²) in [7, 11) is 0. The SMILES string of the molecule is CC(C)(C)OC(=O)Nc1ccc(C2(C(=O)O)CC(O)C2)c(F)c1. The first-order valence-electron chi connectivity index (χ1n) is 7.25. The van der Waals surface area contributed by atoms with Crippen molar-refractivity contribution in [3.63, 3.8) is 0 Å². The maximum atomic E-state index is 14.3. The molecule has 2 rings (SSSR count). The Hall–Kier alpha value is -2.15. The molecule has 7 heteroatoms. The van der Waals surface area contributed by atoms with Crippen molar-refractivity contribution in [2.45, 2.75) is 50.7 Å². The first kappa shape index (κ1) is 17.2. The summed E-state index contributed by atoms with van der Waals surface area (Å²) in [6.45, 7) is 5.11. The van der Waals surface area contributed by atoms with E-state index in [1.54, 1.807) is 20.8 Å². The standard InChI is InChI=1S/C16H20FNO5/c1-15(2,3)23-14(22)18-9-4-5-11(12(17)6-9)16(13(20)21)7-10(19)8-16/h4-6,10,19H,7-8H2,1-3H3,(H,18,22)(H,20,21). The van der Waals surface area contributed by atoms with E-state index in [9.17, 15) is 24.2 Å². The predicted molar refractivity (Wildman–Crippen MR) is 80.8 cm³/mol. The number of nitrogens with one attached hydrogen (secondary N) is 1. The van der Waals surface area contributed by atoms with Gasteiger partial charge in [-0.15, -0.1) is 0 Å². The lowest BCUT2D eigenvalue weighted by molar-refractivity contribution is -0.153. The highest BCUT2D eigenvalue weighted by Gasteiger charge is 2.52. The number of halogens is 1. The van der Waals surface area contributed by atoms with Crippen LogP contribution in [-0.2, 0) is 14.9 Å². The lowest BCUT2D eigenvalue weighted by Gasteiger charge is -2.42. The van der Waals surface area contributed by atoms with E-state index < -0.39 is 35.0 Å². The quantitative estimate of drug-likeness (QED) is 0.794. The molecule has 1 aromatic rings. The summed E-state index contributed by atoms with van der Waals surface area (Å²) in [5.74, 6) is -1.91. The molecule has 0 aliphatic heterocycles. The zero-order valence-corrected chi connectivity index (χ0v) is 13.2. The summed E-state index contributed by atoms with van der Waals surface area (Å²) in [5.41, 5.74) is -1.92. The summed E-state index contributed by atoms with van der Waals surface area (Å²) in [6, 6.07) is 3.79. The fourth-order valence-electron chi connectivity index (χ4n) is 2.66. The smallest absolute Gasteiger partial charge is 0.412 e. The second kappa shape index (κ2) is 5.81. The summed E-state index contributed by atoms with van der Waals surface area (Å²) in [4.78, 5) is 23.1. The highest BCUT2D eigenvalue weighted by molar-refractivity contribution is 5.86. The Bertz CT molecular complexity index is 632. The number of carboxylic acids is 1. The number of aliphatic hydroxyl groups is 1. The van der Waals surface area contributed by atoms with Gasteiger partial charge in [0.2, 0.25) is 0 Å². The number of benzene rings is 1. The number of carbonyl (C=O) groups is 2. The molecule has 3 N–H and O–H groups in total. The van der Waals surface area contributed by atoms with Crippen molar-refractivity contribution in [3.05, 3.63) is 29.6 Å². The van der Waals surface area contributed by atoms with Gasteiger partial charge >= 0.3 is 12.1 Å². The molecule has 1 aliphatic rings. The van der Waals surface area contributed by atoms with E-state index in [0.717, 1.165) is 6.07 Å². The highest BCUT2D eigenvalue weighted by atomic mass is 19.1. The fraction of sp³-hybridized carbons (Fsp3) is 0.500. The van der Waals surface area contributed by atoms with Crippen LogP contribution in [-0.4, -0.2) is 34.0 Å². The highest BCUT2D eigenvalue weighted by Crippen LogP contribution is 2.45. The number of carbonyl (C=O) groups excluding carboxylic acids is 1.